The van der Waals surface area contributed by atoms with E-state index >= 15 is 0 Å². The summed E-state index contributed by atoms with van der Waals surface area (Å²) in [5, 5.41) is 0. The smallest absolute Gasteiger partial charge is 0.103 e. The van der Waals surface area contributed by atoms with Gasteiger partial charge in [0.15, 0.2) is 0 Å². The lowest BCUT2D eigenvalue weighted by molar-refractivity contribution is 0.118. The number of aryl methyl sites for hydroxylation is 1. The van der Waals surface area contributed by atoms with E-state index < -0.39 is 6.17 Å². The lowest BCUT2D eigenvalue weighted by Crippen LogP contribution is -2.26. The Hall–Kier alpha value is -0.850. The first kappa shape index (κ1) is 22.8. The molecule has 2 fully saturated rings. The van der Waals surface area contributed by atoms with E-state index in [9.17, 15) is 4.39 Å². The van der Waals surface area contributed by atoms with Crippen molar-refractivity contribution in [2.24, 2.45) is 17.8 Å². The fraction of sp³-hybridized carbons (Fsp3) is 0.786. The Morgan fingerprint density at radius 2 is 1.45 bits per heavy atom. The molecule has 2 saturated carbocycles. The van der Waals surface area contributed by atoms with Crippen LogP contribution < -0.4 is 0 Å². The van der Waals surface area contributed by atoms with Crippen LogP contribution in [0.4, 0.5) is 4.39 Å². The van der Waals surface area contributed by atoms with E-state index in [0.717, 1.165) is 25.2 Å². The van der Waals surface area contributed by atoms with Gasteiger partial charge in [0, 0.05) is 0 Å². The summed E-state index contributed by atoms with van der Waals surface area (Å²) in [4.78, 5) is 0. The highest BCUT2D eigenvalue weighted by Gasteiger charge is 2.31. The molecule has 3 rings (SSSR count). The maximum atomic E-state index is 15.0. The lowest BCUT2D eigenvalue weighted by Gasteiger charge is -2.34. The third-order valence-electron chi connectivity index (χ3n) is 8.03. The average molecular weight is 401 g/mol. The zero-order chi connectivity index (χ0) is 20.5. The summed E-state index contributed by atoms with van der Waals surface area (Å²) in [5.74, 6) is 2.58. The molecular weight excluding hydrogens is 355 g/mol. The molecule has 0 N–H and O–H groups in total. The third-order valence-corrected chi connectivity index (χ3v) is 8.03. The third kappa shape index (κ3) is 7.11. The monoisotopic (exact) mass is 400 g/mol. The molecule has 1 aromatic rings. The Kier molecular flexibility index (Phi) is 9.53. The molecule has 0 nitrogen and oxygen atoms in total. The Bertz CT molecular complexity index is 546. The first-order valence-corrected chi connectivity index (χ1v) is 12.9. The number of benzene rings is 1. The minimum Gasteiger partial charge on any atom is -0.247 e. The molecule has 0 aromatic heterocycles. The van der Waals surface area contributed by atoms with Gasteiger partial charge in [-0.2, -0.15) is 0 Å². The van der Waals surface area contributed by atoms with E-state index in [0.29, 0.717) is 17.8 Å². The number of hydrogen-bond donors (Lipinski definition) is 0. The van der Waals surface area contributed by atoms with Gasteiger partial charge in [-0.3, -0.25) is 0 Å². The van der Waals surface area contributed by atoms with Crippen molar-refractivity contribution in [3.8, 4) is 0 Å². The number of hydrogen-bond acceptors (Lipinski definition) is 0. The Balaban J connectivity index is 1.38. The SMILES string of the molecule is CCCCCc1ccc(C2CCC(CC(F)C3CCC(CCC)CC3)CC2)cc1. The van der Waals surface area contributed by atoms with Gasteiger partial charge in [0.25, 0.3) is 0 Å². The molecule has 0 bridgehead atoms. The van der Waals surface area contributed by atoms with Gasteiger partial charge < -0.3 is 0 Å². The second kappa shape index (κ2) is 12.1. The standard InChI is InChI=1S/C28H45F/c1-3-5-6-8-23-9-15-25(16-10-23)26-17-13-24(14-18-26)21-28(29)27-19-11-22(7-4-2)12-20-27/h9-10,15-16,22,24,26-28H,3-8,11-14,17-21H2,1-2H3. The van der Waals surface area contributed by atoms with E-state index in [2.05, 4.69) is 38.1 Å². The molecule has 2 aliphatic carbocycles. The molecule has 1 unspecified atom stereocenters. The molecule has 1 aromatic carbocycles. The highest BCUT2D eigenvalue weighted by Crippen LogP contribution is 2.41. The summed E-state index contributed by atoms with van der Waals surface area (Å²) in [6.45, 7) is 4.55. The summed E-state index contributed by atoms with van der Waals surface area (Å²) in [6, 6.07) is 9.45. The number of halogens is 1. The van der Waals surface area contributed by atoms with Gasteiger partial charge in [-0.25, -0.2) is 4.39 Å². The molecular formula is C28H45F. The van der Waals surface area contributed by atoms with Gasteiger partial charge in [-0.15, -0.1) is 0 Å². The van der Waals surface area contributed by atoms with E-state index in [1.165, 1.54) is 88.2 Å². The van der Waals surface area contributed by atoms with Gasteiger partial charge in [0.05, 0.1) is 0 Å². The van der Waals surface area contributed by atoms with Crippen LogP contribution in [0.3, 0.4) is 0 Å². The van der Waals surface area contributed by atoms with Crippen LogP contribution in [0.1, 0.15) is 121 Å². The normalized spacial score (nSPS) is 28.9. The predicted molar refractivity (Wildman–Crippen MR) is 124 cm³/mol. The molecule has 29 heavy (non-hydrogen) atoms. The largest absolute Gasteiger partial charge is 0.247 e. The van der Waals surface area contributed by atoms with Crippen LogP contribution in [0.25, 0.3) is 0 Å². The van der Waals surface area contributed by atoms with Crippen molar-refractivity contribution in [2.75, 3.05) is 0 Å². The van der Waals surface area contributed by atoms with E-state index in [4.69, 9.17) is 0 Å². The van der Waals surface area contributed by atoms with Crippen LogP contribution in [0, 0.1) is 17.8 Å². The van der Waals surface area contributed by atoms with Gasteiger partial charge >= 0.3 is 0 Å². The quantitative estimate of drug-likeness (QED) is 0.344. The predicted octanol–water partition coefficient (Wildman–Crippen LogP) is 9.03. The van der Waals surface area contributed by atoms with Crippen molar-refractivity contribution in [1.29, 1.82) is 0 Å². The van der Waals surface area contributed by atoms with Crippen molar-refractivity contribution in [2.45, 2.75) is 122 Å². The van der Waals surface area contributed by atoms with E-state index in [1.54, 1.807) is 0 Å². The average Bonchev–Trinajstić information content (AvgIpc) is 2.76. The second-order valence-electron chi connectivity index (χ2n) is 10.2. The van der Waals surface area contributed by atoms with Crippen molar-refractivity contribution in [3.63, 3.8) is 0 Å². The van der Waals surface area contributed by atoms with Gasteiger partial charge in [0.2, 0.25) is 0 Å². The van der Waals surface area contributed by atoms with Crippen molar-refractivity contribution >= 4 is 0 Å². The first-order chi connectivity index (χ1) is 14.2. The summed E-state index contributed by atoms with van der Waals surface area (Å²) in [6.07, 6.45) is 17.9. The van der Waals surface area contributed by atoms with Crippen LogP contribution in [0.5, 0.6) is 0 Å². The highest BCUT2D eigenvalue weighted by atomic mass is 19.1. The molecule has 2 aliphatic rings. The minimum absolute atomic E-state index is 0.362. The zero-order valence-electron chi connectivity index (χ0n) is 19.2. The fourth-order valence-corrected chi connectivity index (χ4v) is 6.02. The van der Waals surface area contributed by atoms with Crippen molar-refractivity contribution in [1.82, 2.24) is 0 Å². The molecule has 0 radical (unpaired) electrons. The summed E-state index contributed by atoms with van der Waals surface area (Å²) < 4.78 is 15.0. The molecule has 164 valence electrons. The molecule has 0 saturated heterocycles. The van der Waals surface area contributed by atoms with Gasteiger partial charge in [0.1, 0.15) is 6.17 Å². The van der Waals surface area contributed by atoms with Crippen LogP contribution in [-0.2, 0) is 6.42 Å². The van der Waals surface area contributed by atoms with Crippen molar-refractivity contribution < 1.29 is 4.39 Å². The number of unbranched alkanes of at least 4 members (excludes halogenated alkanes) is 2. The first-order valence-electron chi connectivity index (χ1n) is 12.9. The van der Waals surface area contributed by atoms with Crippen LogP contribution in [0.15, 0.2) is 24.3 Å². The molecule has 0 heterocycles. The minimum atomic E-state index is -0.540. The van der Waals surface area contributed by atoms with Crippen molar-refractivity contribution in [3.05, 3.63) is 35.4 Å². The molecule has 1 atom stereocenters. The van der Waals surface area contributed by atoms with Crippen LogP contribution in [0.2, 0.25) is 0 Å². The van der Waals surface area contributed by atoms with E-state index in [1.807, 2.05) is 0 Å². The highest BCUT2D eigenvalue weighted by molar-refractivity contribution is 5.26. The summed E-state index contributed by atoms with van der Waals surface area (Å²) in [7, 11) is 0. The Labute approximate surface area is 180 Å². The number of rotatable bonds is 10. The Morgan fingerprint density at radius 3 is 2.07 bits per heavy atom. The summed E-state index contributed by atoms with van der Waals surface area (Å²) in [5.41, 5.74) is 3.01. The molecule has 0 spiro atoms. The van der Waals surface area contributed by atoms with E-state index in [-0.39, 0.29) is 0 Å². The fourth-order valence-electron chi connectivity index (χ4n) is 6.02. The van der Waals surface area contributed by atoms with Gasteiger partial charge in [-0.05, 0) is 92.6 Å². The lowest BCUT2D eigenvalue weighted by atomic mass is 9.73. The summed E-state index contributed by atoms with van der Waals surface area (Å²) >= 11 is 0. The molecule has 0 amide bonds. The molecule has 1 heteroatoms. The second-order valence-corrected chi connectivity index (χ2v) is 10.2. The zero-order valence-corrected chi connectivity index (χ0v) is 19.2. The molecule has 0 aliphatic heterocycles. The number of alkyl halides is 1. The van der Waals surface area contributed by atoms with Gasteiger partial charge in [-0.1, -0.05) is 76.6 Å². The van der Waals surface area contributed by atoms with Crippen LogP contribution in [-0.4, -0.2) is 6.17 Å². The Morgan fingerprint density at radius 1 is 0.793 bits per heavy atom. The maximum absolute atomic E-state index is 15.0. The maximum Gasteiger partial charge on any atom is 0.103 e. The topological polar surface area (TPSA) is 0 Å². The van der Waals surface area contributed by atoms with Crippen LogP contribution >= 0.6 is 0 Å².